The highest BCUT2D eigenvalue weighted by Gasteiger charge is 2.22. The zero-order valence-corrected chi connectivity index (χ0v) is 16.0. The number of ether oxygens (including phenoxy) is 1. The standard InChI is InChI=1S/C20H21N3O5/c1-11-15-10-14(27-4)6-8-18(15)28-19(11)12(2)22-16-7-5-13(20(24)21-3)9-17(16)23(25)26/h5-10,12,22H,1-4H3,(H,21,24). The first-order chi connectivity index (χ1) is 13.3. The largest absolute Gasteiger partial charge is 0.497 e. The quantitative estimate of drug-likeness (QED) is 0.488. The highest BCUT2D eigenvalue weighted by Crippen LogP contribution is 2.35. The summed E-state index contributed by atoms with van der Waals surface area (Å²) in [5.41, 5.74) is 2.00. The van der Waals surface area contributed by atoms with E-state index in [1.807, 2.05) is 32.0 Å². The van der Waals surface area contributed by atoms with Gasteiger partial charge in [0.15, 0.2) is 0 Å². The van der Waals surface area contributed by atoms with Gasteiger partial charge in [0.2, 0.25) is 0 Å². The van der Waals surface area contributed by atoms with E-state index in [4.69, 9.17) is 9.15 Å². The van der Waals surface area contributed by atoms with Crippen LogP contribution in [-0.2, 0) is 0 Å². The van der Waals surface area contributed by atoms with Crippen LogP contribution in [0.2, 0.25) is 0 Å². The Morgan fingerprint density at radius 1 is 1.25 bits per heavy atom. The van der Waals surface area contributed by atoms with Crippen molar-refractivity contribution in [3.8, 4) is 5.75 Å². The number of amides is 1. The minimum Gasteiger partial charge on any atom is -0.497 e. The molecule has 2 aromatic carbocycles. The van der Waals surface area contributed by atoms with Gasteiger partial charge >= 0.3 is 0 Å². The molecule has 0 spiro atoms. The van der Waals surface area contributed by atoms with Crippen LogP contribution in [0.25, 0.3) is 11.0 Å². The summed E-state index contributed by atoms with van der Waals surface area (Å²) in [4.78, 5) is 22.7. The summed E-state index contributed by atoms with van der Waals surface area (Å²) in [6.07, 6.45) is 0. The Bertz CT molecular complexity index is 1060. The number of rotatable bonds is 6. The molecule has 1 unspecified atom stereocenters. The third-order valence-electron chi connectivity index (χ3n) is 4.63. The number of hydrogen-bond donors (Lipinski definition) is 2. The third kappa shape index (κ3) is 3.48. The normalized spacial score (nSPS) is 11.9. The van der Waals surface area contributed by atoms with Crippen molar-refractivity contribution in [3.05, 3.63) is 63.4 Å². The van der Waals surface area contributed by atoms with Crippen LogP contribution in [0.4, 0.5) is 11.4 Å². The van der Waals surface area contributed by atoms with Crippen LogP contribution in [0.3, 0.4) is 0 Å². The van der Waals surface area contributed by atoms with E-state index in [2.05, 4.69) is 10.6 Å². The topological polar surface area (TPSA) is 107 Å². The van der Waals surface area contributed by atoms with Crippen molar-refractivity contribution in [1.82, 2.24) is 5.32 Å². The van der Waals surface area contributed by atoms with E-state index < -0.39 is 4.92 Å². The Hall–Kier alpha value is -3.55. The van der Waals surface area contributed by atoms with Crippen molar-refractivity contribution >= 4 is 28.3 Å². The van der Waals surface area contributed by atoms with Gasteiger partial charge in [-0.3, -0.25) is 14.9 Å². The molecule has 0 radical (unpaired) electrons. The van der Waals surface area contributed by atoms with Crippen LogP contribution in [0, 0.1) is 17.0 Å². The van der Waals surface area contributed by atoms with Gasteiger partial charge < -0.3 is 19.8 Å². The van der Waals surface area contributed by atoms with E-state index in [0.717, 1.165) is 16.7 Å². The maximum Gasteiger partial charge on any atom is 0.293 e. The number of nitro groups is 1. The minimum atomic E-state index is -0.516. The maximum atomic E-state index is 11.8. The van der Waals surface area contributed by atoms with Crippen LogP contribution in [0.15, 0.2) is 40.8 Å². The summed E-state index contributed by atoms with van der Waals surface area (Å²) < 4.78 is 11.2. The zero-order valence-electron chi connectivity index (χ0n) is 16.0. The number of furan rings is 1. The maximum absolute atomic E-state index is 11.8. The molecule has 8 heteroatoms. The number of aryl methyl sites for hydroxylation is 1. The first kappa shape index (κ1) is 19.2. The minimum absolute atomic E-state index is 0.177. The van der Waals surface area contributed by atoms with E-state index in [9.17, 15) is 14.9 Å². The number of benzene rings is 2. The molecule has 0 fully saturated rings. The van der Waals surface area contributed by atoms with Crippen LogP contribution >= 0.6 is 0 Å². The van der Waals surface area contributed by atoms with Gasteiger partial charge in [0, 0.05) is 29.6 Å². The third-order valence-corrected chi connectivity index (χ3v) is 4.63. The molecule has 8 nitrogen and oxygen atoms in total. The smallest absolute Gasteiger partial charge is 0.293 e. The molecule has 1 amide bonds. The number of hydrogen-bond acceptors (Lipinski definition) is 6. The molecule has 3 aromatic rings. The molecule has 3 rings (SSSR count). The Morgan fingerprint density at radius 2 is 2.00 bits per heavy atom. The summed E-state index contributed by atoms with van der Waals surface area (Å²) in [6.45, 7) is 3.79. The Balaban J connectivity index is 1.95. The second kappa shape index (κ2) is 7.59. The molecule has 0 aliphatic carbocycles. The molecule has 0 saturated heterocycles. The summed E-state index contributed by atoms with van der Waals surface area (Å²) >= 11 is 0. The average molecular weight is 383 g/mol. The lowest BCUT2D eigenvalue weighted by Gasteiger charge is -2.14. The molecule has 1 heterocycles. The fourth-order valence-electron chi connectivity index (χ4n) is 3.15. The first-order valence-corrected chi connectivity index (χ1v) is 8.69. The SMILES string of the molecule is CNC(=O)c1ccc(NC(C)c2oc3ccc(OC)cc3c2C)c([N+](=O)[O-])c1. The molecule has 1 atom stereocenters. The lowest BCUT2D eigenvalue weighted by atomic mass is 10.1. The van der Waals surface area contributed by atoms with Gasteiger partial charge in [-0.2, -0.15) is 0 Å². The lowest BCUT2D eigenvalue weighted by molar-refractivity contribution is -0.384. The van der Waals surface area contributed by atoms with Gasteiger partial charge in [0.05, 0.1) is 18.1 Å². The van der Waals surface area contributed by atoms with Crippen LogP contribution in [0.1, 0.15) is 34.6 Å². The van der Waals surface area contributed by atoms with Gasteiger partial charge in [0.25, 0.3) is 11.6 Å². The molecule has 28 heavy (non-hydrogen) atoms. The van der Waals surface area contributed by atoms with E-state index in [0.29, 0.717) is 17.0 Å². The van der Waals surface area contributed by atoms with Gasteiger partial charge in [-0.25, -0.2) is 0 Å². The number of nitrogens with one attached hydrogen (secondary N) is 2. The number of fused-ring (bicyclic) bond motifs is 1. The fraction of sp³-hybridized carbons (Fsp3) is 0.250. The van der Waals surface area contributed by atoms with E-state index in [1.165, 1.54) is 25.2 Å². The number of nitro benzene ring substituents is 1. The molecule has 0 bridgehead atoms. The van der Waals surface area contributed by atoms with Crippen molar-refractivity contribution in [2.75, 3.05) is 19.5 Å². The van der Waals surface area contributed by atoms with Crippen molar-refractivity contribution in [1.29, 1.82) is 0 Å². The molecule has 0 aliphatic heterocycles. The molecular formula is C20H21N3O5. The van der Waals surface area contributed by atoms with Gasteiger partial charge in [-0.1, -0.05) is 0 Å². The van der Waals surface area contributed by atoms with Gasteiger partial charge in [-0.05, 0) is 44.2 Å². The Kier molecular flexibility index (Phi) is 5.21. The Labute approximate surface area is 161 Å². The molecule has 0 saturated carbocycles. The second-order valence-corrected chi connectivity index (χ2v) is 6.39. The summed E-state index contributed by atoms with van der Waals surface area (Å²) in [5, 5.41) is 18.0. The van der Waals surface area contributed by atoms with E-state index in [-0.39, 0.29) is 23.2 Å². The highest BCUT2D eigenvalue weighted by molar-refractivity contribution is 5.95. The zero-order chi connectivity index (χ0) is 20.4. The predicted octanol–water partition coefficient (Wildman–Crippen LogP) is 4.19. The predicted molar refractivity (Wildman–Crippen MR) is 106 cm³/mol. The summed E-state index contributed by atoms with van der Waals surface area (Å²) in [6, 6.07) is 9.53. The number of anilines is 1. The van der Waals surface area contributed by atoms with Crippen molar-refractivity contribution in [3.63, 3.8) is 0 Å². The van der Waals surface area contributed by atoms with Crippen LogP contribution in [0.5, 0.6) is 5.75 Å². The number of carbonyl (C=O) groups is 1. The highest BCUT2D eigenvalue weighted by atomic mass is 16.6. The van der Waals surface area contributed by atoms with Crippen LogP contribution in [-0.4, -0.2) is 25.0 Å². The van der Waals surface area contributed by atoms with E-state index >= 15 is 0 Å². The van der Waals surface area contributed by atoms with E-state index in [1.54, 1.807) is 7.11 Å². The molecule has 0 aliphatic rings. The molecule has 2 N–H and O–H groups in total. The number of nitrogens with zero attached hydrogens (tertiary/aromatic N) is 1. The summed E-state index contributed by atoms with van der Waals surface area (Å²) in [7, 11) is 3.07. The number of carbonyl (C=O) groups excluding carboxylic acids is 1. The van der Waals surface area contributed by atoms with Crippen LogP contribution < -0.4 is 15.4 Å². The summed E-state index contributed by atoms with van der Waals surface area (Å²) in [5.74, 6) is 1.02. The molecular weight excluding hydrogens is 362 g/mol. The Morgan fingerprint density at radius 3 is 2.64 bits per heavy atom. The average Bonchev–Trinajstić information content (AvgIpc) is 3.03. The van der Waals surface area contributed by atoms with Gasteiger partial charge in [0.1, 0.15) is 22.8 Å². The van der Waals surface area contributed by atoms with Gasteiger partial charge in [-0.15, -0.1) is 0 Å². The molecule has 146 valence electrons. The van der Waals surface area contributed by atoms with Crippen molar-refractivity contribution in [2.45, 2.75) is 19.9 Å². The fourth-order valence-corrected chi connectivity index (χ4v) is 3.15. The van der Waals surface area contributed by atoms with Crippen molar-refractivity contribution < 1.29 is 18.9 Å². The lowest BCUT2D eigenvalue weighted by Crippen LogP contribution is -2.18. The second-order valence-electron chi connectivity index (χ2n) is 6.39. The first-order valence-electron chi connectivity index (χ1n) is 8.69. The number of methoxy groups -OCH3 is 1. The van der Waals surface area contributed by atoms with Crippen molar-refractivity contribution in [2.24, 2.45) is 0 Å². The monoisotopic (exact) mass is 383 g/mol. The molecule has 1 aromatic heterocycles.